The molecule has 0 saturated heterocycles. The second-order valence-corrected chi connectivity index (χ2v) is 9.99. The highest BCUT2D eigenvalue weighted by molar-refractivity contribution is 7.19. The molecular weight excluding hydrogens is 544 g/mol. The Balaban J connectivity index is 1.43. The molecule has 0 bridgehead atoms. The molecule has 3 aromatic heterocycles. The van der Waals surface area contributed by atoms with Crippen LogP contribution in [0.1, 0.15) is 5.82 Å². The van der Waals surface area contributed by atoms with Gasteiger partial charge in [-0.25, -0.2) is 9.37 Å². The monoisotopic (exact) mass is 555 g/mol. The molecule has 36 heavy (non-hydrogen) atoms. The quantitative estimate of drug-likeness (QED) is 0.203. The second kappa shape index (κ2) is 9.29. The fourth-order valence-electron chi connectivity index (χ4n) is 3.74. The molecule has 6 aromatic rings. The second-order valence-electron chi connectivity index (χ2n) is 7.78. The molecule has 3 heterocycles. The Kier molecular flexibility index (Phi) is 5.97. The Morgan fingerprint density at radius 3 is 2.53 bits per heavy atom. The van der Waals surface area contributed by atoms with E-state index < -0.39 is 5.82 Å². The lowest BCUT2D eigenvalue weighted by molar-refractivity contribution is 0.293. The fourth-order valence-corrected chi connectivity index (χ4v) is 5.24. The van der Waals surface area contributed by atoms with Gasteiger partial charge in [0.15, 0.2) is 5.82 Å². The molecule has 0 aliphatic rings. The summed E-state index contributed by atoms with van der Waals surface area (Å²) in [5.74, 6) is 0.629. The Bertz CT molecular complexity index is 1750. The lowest BCUT2D eigenvalue weighted by Gasteiger charge is -2.10. The van der Waals surface area contributed by atoms with Crippen LogP contribution < -0.4 is 4.74 Å². The van der Waals surface area contributed by atoms with Crippen molar-refractivity contribution in [1.82, 2.24) is 24.8 Å². The van der Waals surface area contributed by atoms with Gasteiger partial charge in [-0.1, -0.05) is 64.3 Å². The van der Waals surface area contributed by atoms with Gasteiger partial charge < -0.3 is 4.74 Å². The lowest BCUT2D eigenvalue weighted by Crippen LogP contribution is -2.02. The summed E-state index contributed by atoms with van der Waals surface area (Å²) in [5, 5.41) is 15.7. The largest absolute Gasteiger partial charge is 0.486 e. The van der Waals surface area contributed by atoms with Gasteiger partial charge in [-0.2, -0.15) is 9.61 Å². The van der Waals surface area contributed by atoms with Crippen LogP contribution in [0.15, 0.2) is 66.7 Å². The molecule has 0 saturated carbocycles. The van der Waals surface area contributed by atoms with Gasteiger partial charge in [-0.05, 0) is 48.5 Å². The van der Waals surface area contributed by atoms with Crippen LogP contribution in [0.5, 0.6) is 5.75 Å². The third-order valence-corrected chi connectivity index (χ3v) is 7.26. The van der Waals surface area contributed by atoms with E-state index in [9.17, 15) is 4.39 Å². The van der Waals surface area contributed by atoms with Gasteiger partial charge in [0.1, 0.15) is 23.2 Å². The van der Waals surface area contributed by atoms with E-state index in [1.165, 1.54) is 23.5 Å². The predicted octanol–water partition coefficient (Wildman–Crippen LogP) is 7.75. The summed E-state index contributed by atoms with van der Waals surface area (Å²) in [7, 11) is 0. The molecule has 0 atom stereocenters. The Morgan fingerprint density at radius 1 is 0.889 bits per heavy atom. The van der Waals surface area contributed by atoms with Gasteiger partial charge in [0, 0.05) is 21.5 Å². The van der Waals surface area contributed by atoms with Crippen molar-refractivity contribution in [3.63, 3.8) is 0 Å². The highest BCUT2D eigenvalue weighted by atomic mass is 35.5. The molecule has 0 aliphatic heterocycles. The smallest absolute Gasteiger partial charge is 0.235 e. The highest BCUT2D eigenvalue weighted by Gasteiger charge is 2.18. The van der Waals surface area contributed by atoms with Crippen molar-refractivity contribution in [3.05, 3.63) is 93.4 Å². The van der Waals surface area contributed by atoms with Gasteiger partial charge in [0.05, 0.1) is 21.3 Å². The molecule has 0 unspecified atom stereocenters. The van der Waals surface area contributed by atoms with Gasteiger partial charge in [-0.3, -0.25) is 0 Å². The van der Waals surface area contributed by atoms with Crippen molar-refractivity contribution in [3.8, 4) is 27.6 Å². The number of pyridine rings is 1. The predicted molar refractivity (Wildman–Crippen MR) is 141 cm³/mol. The molecule has 3 aromatic carbocycles. The molecule has 11 heteroatoms. The van der Waals surface area contributed by atoms with E-state index in [2.05, 4.69) is 10.2 Å². The number of hydrogen-bond acceptors (Lipinski definition) is 6. The van der Waals surface area contributed by atoms with Crippen molar-refractivity contribution in [2.45, 2.75) is 6.61 Å². The van der Waals surface area contributed by atoms with Crippen molar-refractivity contribution in [1.29, 1.82) is 0 Å². The van der Waals surface area contributed by atoms with Gasteiger partial charge in [0.25, 0.3) is 0 Å². The zero-order chi connectivity index (χ0) is 24.8. The van der Waals surface area contributed by atoms with Crippen LogP contribution in [-0.4, -0.2) is 24.8 Å². The normalized spacial score (nSPS) is 11.4. The summed E-state index contributed by atoms with van der Waals surface area (Å²) < 4.78 is 21.7. The third-order valence-electron chi connectivity index (χ3n) is 5.47. The van der Waals surface area contributed by atoms with E-state index >= 15 is 0 Å². The number of ether oxygens (including phenoxy) is 1. The minimum Gasteiger partial charge on any atom is -0.486 e. The van der Waals surface area contributed by atoms with Crippen molar-refractivity contribution < 1.29 is 9.13 Å². The van der Waals surface area contributed by atoms with E-state index in [0.29, 0.717) is 48.4 Å². The van der Waals surface area contributed by atoms with Crippen LogP contribution in [0.4, 0.5) is 4.39 Å². The number of nitrogens with zero attached hydrogens (tertiary/aromatic N) is 5. The van der Waals surface area contributed by atoms with Crippen LogP contribution in [0.2, 0.25) is 15.1 Å². The molecule has 6 rings (SSSR count). The van der Waals surface area contributed by atoms with Crippen molar-refractivity contribution in [2.24, 2.45) is 0 Å². The lowest BCUT2D eigenvalue weighted by atomic mass is 10.0. The summed E-state index contributed by atoms with van der Waals surface area (Å²) in [6.07, 6.45) is 0. The van der Waals surface area contributed by atoms with Crippen LogP contribution >= 0.6 is 46.1 Å². The van der Waals surface area contributed by atoms with Crippen LogP contribution in [0, 0.1) is 5.82 Å². The van der Waals surface area contributed by atoms with Crippen LogP contribution in [-0.2, 0) is 6.61 Å². The Morgan fingerprint density at radius 2 is 1.69 bits per heavy atom. The molecule has 6 nitrogen and oxygen atoms in total. The molecule has 0 fully saturated rings. The first-order valence-corrected chi connectivity index (χ1v) is 12.6. The van der Waals surface area contributed by atoms with Gasteiger partial charge in [-0.15, -0.1) is 10.2 Å². The van der Waals surface area contributed by atoms with Gasteiger partial charge >= 0.3 is 0 Å². The van der Waals surface area contributed by atoms with E-state index in [1.54, 1.807) is 28.8 Å². The molecule has 0 aliphatic carbocycles. The van der Waals surface area contributed by atoms with E-state index in [0.717, 1.165) is 10.9 Å². The van der Waals surface area contributed by atoms with Crippen molar-refractivity contribution in [2.75, 3.05) is 0 Å². The molecule has 0 spiro atoms. The minimum atomic E-state index is -0.573. The Labute approximate surface area is 222 Å². The summed E-state index contributed by atoms with van der Waals surface area (Å²) >= 11 is 19.6. The maximum atomic E-state index is 14.3. The number of benzene rings is 3. The molecular formula is C25H13Cl3FN5OS. The molecule has 178 valence electrons. The average molecular weight is 557 g/mol. The summed E-state index contributed by atoms with van der Waals surface area (Å²) in [5.41, 5.74) is 2.46. The maximum Gasteiger partial charge on any atom is 0.235 e. The zero-order valence-electron chi connectivity index (χ0n) is 18.1. The minimum absolute atomic E-state index is 0.0493. The van der Waals surface area contributed by atoms with E-state index in [1.807, 2.05) is 30.3 Å². The number of halogens is 4. The maximum absolute atomic E-state index is 14.3. The molecule has 0 radical (unpaired) electrons. The van der Waals surface area contributed by atoms with Crippen LogP contribution in [0.3, 0.4) is 0 Å². The first-order chi connectivity index (χ1) is 17.5. The van der Waals surface area contributed by atoms with Crippen molar-refractivity contribution >= 4 is 62.0 Å². The number of hydrogen-bond donors (Lipinski definition) is 0. The third kappa shape index (κ3) is 4.26. The molecule has 0 N–H and O–H groups in total. The summed E-state index contributed by atoms with van der Waals surface area (Å²) in [6, 6.07) is 19.2. The summed E-state index contributed by atoms with van der Waals surface area (Å²) in [6.45, 7) is 0.175. The number of rotatable bonds is 5. The van der Waals surface area contributed by atoms with Crippen LogP contribution in [0.25, 0.3) is 37.7 Å². The fraction of sp³-hybridized carbons (Fsp3) is 0.0400. The Hall–Kier alpha value is -3.30. The standard InChI is InChI=1S/C25H13Cl3FN5OS/c26-13-5-7-14(8-6-13)35-12-23-31-32-25-34(23)33-24(36-25)16-10-22(30-21-4-2-1-3-15(16)21)17-9-20(29)19(28)11-18(17)27/h1-11H,12H2. The number of aromatic nitrogens is 5. The highest BCUT2D eigenvalue weighted by Crippen LogP contribution is 2.37. The topological polar surface area (TPSA) is 65.2 Å². The molecule has 0 amide bonds. The SMILES string of the molecule is Fc1cc(-c2cc(-c3nn4c(COc5ccc(Cl)cc5)nnc4s3)c3ccccc3n2)c(Cl)cc1Cl. The van der Waals surface area contributed by atoms with Gasteiger partial charge in [0.2, 0.25) is 4.96 Å². The number of fused-ring (bicyclic) bond motifs is 2. The zero-order valence-corrected chi connectivity index (χ0v) is 21.2. The van der Waals surface area contributed by atoms with E-state index in [4.69, 9.17) is 49.6 Å². The average Bonchev–Trinajstić information content (AvgIpc) is 3.46. The first-order valence-electron chi connectivity index (χ1n) is 10.6. The van der Waals surface area contributed by atoms with E-state index in [-0.39, 0.29) is 11.6 Å². The summed E-state index contributed by atoms with van der Waals surface area (Å²) in [4.78, 5) is 5.32. The first kappa shape index (κ1) is 23.1. The number of para-hydroxylation sites is 1.